The van der Waals surface area contributed by atoms with Gasteiger partial charge in [-0.05, 0) is 24.8 Å². The van der Waals surface area contributed by atoms with Gasteiger partial charge in [0.25, 0.3) is 0 Å². The third-order valence-electron chi connectivity index (χ3n) is 3.07. The molecule has 0 amide bonds. The number of hydrogen-bond acceptors (Lipinski definition) is 1. The first-order valence-electron chi connectivity index (χ1n) is 6.68. The van der Waals surface area contributed by atoms with E-state index in [9.17, 15) is 5.11 Å². The molecule has 1 N–H and O–H groups in total. The summed E-state index contributed by atoms with van der Waals surface area (Å²) >= 11 is 0. The molecule has 0 heterocycles. The Morgan fingerprint density at radius 2 is 1.65 bits per heavy atom. The van der Waals surface area contributed by atoms with Gasteiger partial charge < -0.3 is 5.11 Å². The van der Waals surface area contributed by atoms with Crippen molar-refractivity contribution in [3.63, 3.8) is 0 Å². The van der Waals surface area contributed by atoms with Gasteiger partial charge in [0.2, 0.25) is 0 Å². The summed E-state index contributed by atoms with van der Waals surface area (Å²) in [5.41, 5.74) is 1.04. The van der Waals surface area contributed by atoms with Gasteiger partial charge >= 0.3 is 0 Å². The maximum Gasteiger partial charge on any atom is 0.0790 e. The average molecular weight is 232 g/mol. The van der Waals surface area contributed by atoms with Crippen LogP contribution in [0.4, 0.5) is 0 Å². The van der Waals surface area contributed by atoms with Crippen LogP contribution in [-0.2, 0) is 0 Å². The molecule has 0 spiro atoms. The van der Waals surface area contributed by atoms with Crippen molar-refractivity contribution in [2.45, 2.75) is 51.0 Å². The van der Waals surface area contributed by atoms with Gasteiger partial charge in [0, 0.05) is 0 Å². The lowest BCUT2D eigenvalue weighted by Gasteiger charge is -2.10. The maximum atomic E-state index is 9.95. The molecule has 0 bridgehead atoms. The van der Waals surface area contributed by atoms with Crippen LogP contribution in [0.5, 0.6) is 0 Å². The largest absolute Gasteiger partial charge is 0.388 e. The summed E-state index contributed by atoms with van der Waals surface area (Å²) in [4.78, 5) is 0. The van der Waals surface area contributed by atoms with Gasteiger partial charge in [-0.1, -0.05) is 62.1 Å². The van der Waals surface area contributed by atoms with E-state index in [0.29, 0.717) is 0 Å². The number of aliphatic hydroxyl groups excluding tert-OH is 1. The van der Waals surface area contributed by atoms with Crippen molar-refractivity contribution < 1.29 is 5.11 Å². The van der Waals surface area contributed by atoms with E-state index in [-0.39, 0.29) is 6.10 Å². The number of hydrogen-bond donors (Lipinski definition) is 1. The Balaban J connectivity index is 2.05. The second-order valence-corrected chi connectivity index (χ2v) is 4.56. The molecule has 0 saturated heterocycles. The van der Waals surface area contributed by atoms with Gasteiger partial charge in [0.1, 0.15) is 0 Å². The molecule has 0 aliphatic carbocycles. The van der Waals surface area contributed by atoms with Crippen LogP contribution in [0.3, 0.4) is 0 Å². The molecule has 1 rings (SSSR count). The Morgan fingerprint density at radius 3 is 2.35 bits per heavy atom. The Hall–Kier alpha value is -1.08. The van der Waals surface area contributed by atoms with E-state index in [1.807, 2.05) is 36.4 Å². The molecular weight excluding hydrogens is 208 g/mol. The Kier molecular flexibility index (Phi) is 7.40. The van der Waals surface area contributed by atoms with Crippen LogP contribution in [0, 0.1) is 0 Å². The van der Waals surface area contributed by atoms with Crippen molar-refractivity contribution in [2.75, 3.05) is 0 Å². The fourth-order valence-corrected chi connectivity index (χ4v) is 2.00. The van der Waals surface area contributed by atoms with E-state index in [4.69, 9.17) is 0 Å². The fraction of sp³-hybridized carbons (Fsp3) is 0.500. The molecule has 1 aromatic carbocycles. The van der Waals surface area contributed by atoms with E-state index >= 15 is 0 Å². The minimum Gasteiger partial charge on any atom is -0.388 e. The first-order valence-corrected chi connectivity index (χ1v) is 6.68. The maximum absolute atomic E-state index is 9.95. The second-order valence-electron chi connectivity index (χ2n) is 4.56. The molecule has 1 nitrogen and oxygen atoms in total. The molecule has 0 saturated carbocycles. The van der Waals surface area contributed by atoms with Crippen LogP contribution in [0.15, 0.2) is 43.0 Å². The van der Waals surface area contributed by atoms with Crippen molar-refractivity contribution in [2.24, 2.45) is 0 Å². The summed E-state index contributed by atoms with van der Waals surface area (Å²) in [6.07, 6.45) is 9.86. The van der Waals surface area contributed by atoms with Crippen LogP contribution in [-0.4, -0.2) is 5.11 Å². The summed E-state index contributed by atoms with van der Waals surface area (Å²) in [6.45, 7) is 3.72. The smallest absolute Gasteiger partial charge is 0.0790 e. The number of unbranched alkanes of at least 4 members (excludes halogenated alkanes) is 5. The van der Waals surface area contributed by atoms with E-state index in [0.717, 1.165) is 24.8 Å². The summed E-state index contributed by atoms with van der Waals surface area (Å²) in [5.74, 6) is 0. The quantitative estimate of drug-likeness (QED) is 0.486. The highest BCUT2D eigenvalue weighted by Gasteiger charge is 2.05. The van der Waals surface area contributed by atoms with Crippen molar-refractivity contribution in [3.8, 4) is 0 Å². The van der Waals surface area contributed by atoms with Gasteiger partial charge in [0.15, 0.2) is 0 Å². The third kappa shape index (κ3) is 6.28. The summed E-state index contributed by atoms with van der Waals surface area (Å²) in [5, 5.41) is 9.95. The molecule has 1 aromatic rings. The minimum absolute atomic E-state index is 0.288. The van der Waals surface area contributed by atoms with E-state index in [2.05, 4.69) is 6.58 Å². The Bertz CT molecular complexity index is 292. The lowest BCUT2D eigenvalue weighted by atomic mass is 10.0. The van der Waals surface area contributed by atoms with Gasteiger partial charge in [-0.3, -0.25) is 0 Å². The normalized spacial score (nSPS) is 12.3. The molecule has 1 heteroatoms. The first kappa shape index (κ1) is 14.0. The minimum atomic E-state index is -0.288. The Labute approximate surface area is 105 Å². The topological polar surface area (TPSA) is 20.2 Å². The van der Waals surface area contributed by atoms with Crippen LogP contribution in [0.25, 0.3) is 0 Å². The highest BCUT2D eigenvalue weighted by Crippen LogP contribution is 2.19. The van der Waals surface area contributed by atoms with E-state index < -0.39 is 0 Å². The molecule has 17 heavy (non-hydrogen) atoms. The SMILES string of the molecule is C=CCCCCCCCC(O)c1ccccc1. The molecule has 1 unspecified atom stereocenters. The zero-order chi connectivity index (χ0) is 12.3. The van der Waals surface area contributed by atoms with Gasteiger partial charge in [-0.15, -0.1) is 6.58 Å². The first-order chi connectivity index (χ1) is 8.34. The Morgan fingerprint density at radius 1 is 1.00 bits per heavy atom. The summed E-state index contributed by atoms with van der Waals surface area (Å²) in [7, 11) is 0. The van der Waals surface area contributed by atoms with E-state index in [1.165, 1.54) is 25.7 Å². The zero-order valence-corrected chi connectivity index (χ0v) is 10.6. The molecule has 0 fully saturated rings. The zero-order valence-electron chi connectivity index (χ0n) is 10.6. The number of benzene rings is 1. The monoisotopic (exact) mass is 232 g/mol. The van der Waals surface area contributed by atoms with Gasteiger partial charge in [-0.25, -0.2) is 0 Å². The molecule has 0 aliphatic rings. The highest BCUT2D eigenvalue weighted by molar-refractivity contribution is 5.16. The standard InChI is InChI=1S/C16H24O/c1-2-3-4-5-6-7-11-14-16(17)15-12-9-8-10-13-15/h2,8-10,12-13,16-17H,1,3-7,11,14H2. The molecule has 0 aliphatic heterocycles. The molecule has 94 valence electrons. The highest BCUT2D eigenvalue weighted by atomic mass is 16.3. The molecular formula is C16H24O. The van der Waals surface area contributed by atoms with Crippen LogP contribution < -0.4 is 0 Å². The van der Waals surface area contributed by atoms with Crippen molar-refractivity contribution >= 4 is 0 Å². The average Bonchev–Trinajstić information content (AvgIpc) is 2.38. The number of allylic oxidation sites excluding steroid dienone is 1. The molecule has 1 atom stereocenters. The third-order valence-corrected chi connectivity index (χ3v) is 3.07. The van der Waals surface area contributed by atoms with Crippen molar-refractivity contribution in [1.29, 1.82) is 0 Å². The van der Waals surface area contributed by atoms with Crippen LogP contribution in [0.2, 0.25) is 0 Å². The summed E-state index contributed by atoms with van der Waals surface area (Å²) in [6, 6.07) is 9.93. The van der Waals surface area contributed by atoms with Gasteiger partial charge in [0.05, 0.1) is 6.10 Å². The predicted octanol–water partition coefficient (Wildman–Crippen LogP) is 4.64. The fourth-order valence-electron chi connectivity index (χ4n) is 2.00. The van der Waals surface area contributed by atoms with Gasteiger partial charge in [-0.2, -0.15) is 0 Å². The van der Waals surface area contributed by atoms with E-state index in [1.54, 1.807) is 0 Å². The summed E-state index contributed by atoms with van der Waals surface area (Å²) < 4.78 is 0. The molecule has 0 aromatic heterocycles. The van der Waals surface area contributed by atoms with Crippen LogP contribution in [0.1, 0.15) is 56.6 Å². The molecule has 0 radical (unpaired) electrons. The predicted molar refractivity (Wildman–Crippen MR) is 73.9 cm³/mol. The van der Waals surface area contributed by atoms with Crippen molar-refractivity contribution in [1.82, 2.24) is 0 Å². The van der Waals surface area contributed by atoms with Crippen LogP contribution >= 0.6 is 0 Å². The van der Waals surface area contributed by atoms with Crippen molar-refractivity contribution in [3.05, 3.63) is 48.6 Å². The lowest BCUT2D eigenvalue weighted by Crippen LogP contribution is -1.96. The lowest BCUT2D eigenvalue weighted by molar-refractivity contribution is 0.163. The second kappa shape index (κ2) is 9.00. The number of rotatable bonds is 9. The number of aliphatic hydroxyl groups is 1.